The van der Waals surface area contributed by atoms with Crippen molar-refractivity contribution in [2.75, 3.05) is 5.32 Å². The van der Waals surface area contributed by atoms with Gasteiger partial charge in [-0.1, -0.05) is 11.6 Å². The van der Waals surface area contributed by atoms with E-state index in [4.69, 9.17) is 16.9 Å². The normalized spacial score (nSPS) is 9.71. The third kappa shape index (κ3) is 2.52. The van der Waals surface area contributed by atoms with Crippen LogP contribution in [0.15, 0.2) is 36.5 Å². The lowest BCUT2D eigenvalue weighted by molar-refractivity contribution is 0.628. The Kier molecular flexibility index (Phi) is 3.22. The molecule has 2 aromatic rings. The van der Waals surface area contributed by atoms with E-state index in [1.807, 2.05) is 6.07 Å². The Morgan fingerprint density at radius 3 is 2.59 bits per heavy atom. The Bertz CT molecular complexity index is 575. The monoisotopic (exact) mass is 247 g/mol. The summed E-state index contributed by atoms with van der Waals surface area (Å²) >= 11 is 5.79. The van der Waals surface area contributed by atoms with E-state index >= 15 is 0 Å². The molecular weight excluding hydrogens is 241 g/mol. The molecule has 17 heavy (non-hydrogen) atoms. The maximum atomic E-state index is 12.7. The largest absolute Gasteiger partial charge is 0.354 e. The minimum absolute atomic E-state index is 0.139. The first kappa shape index (κ1) is 11.4. The van der Waals surface area contributed by atoms with Crippen LogP contribution in [0.4, 0.5) is 15.8 Å². The number of halogens is 2. The molecule has 1 N–H and O–H groups in total. The lowest BCUT2D eigenvalue weighted by atomic mass is 10.2. The molecule has 0 saturated carbocycles. The van der Waals surface area contributed by atoms with E-state index in [2.05, 4.69) is 10.3 Å². The molecule has 0 radical (unpaired) electrons. The molecule has 3 nitrogen and oxygen atoms in total. The first-order chi connectivity index (χ1) is 8.20. The first-order valence-corrected chi connectivity index (χ1v) is 5.15. The van der Waals surface area contributed by atoms with Gasteiger partial charge in [0.25, 0.3) is 0 Å². The quantitative estimate of drug-likeness (QED) is 0.827. The molecule has 0 fully saturated rings. The fraction of sp³-hybridized carbons (Fsp3) is 0. The van der Waals surface area contributed by atoms with Gasteiger partial charge in [-0.25, -0.2) is 9.37 Å². The molecule has 0 aliphatic heterocycles. The van der Waals surface area contributed by atoms with Crippen LogP contribution < -0.4 is 5.32 Å². The fourth-order valence-electron chi connectivity index (χ4n) is 1.34. The standard InChI is InChI=1S/C12H7ClFN3/c13-12-10(7-15)11(5-6-16-12)17-9-3-1-8(14)2-4-9/h1-6H,(H,16,17). The second-order valence-electron chi connectivity index (χ2n) is 3.27. The Morgan fingerprint density at radius 1 is 1.24 bits per heavy atom. The molecule has 5 heteroatoms. The molecule has 84 valence electrons. The molecule has 1 aromatic carbocycles. The minimum atomic E-state index is -0.316. The third-order valence-corrected chi connectivity index (χ3v) is 2.43. The van der Waals surface area contributed by atoms with Crippen molar-refractivity contribution in [3.63, 3.8) is 0 Å². The highest BCUT2D eigenvalue weighted by molar-refractivity contribution is 6.30. The van der Waals surface area contributed by atoms with Crippen LogP contribution in [0.5, 0.6) is 0 Å². The summed E-state index contributed by atoms with van der Waals surface area (Å²) in [5.41, 5.74) is 1.47. The highest BCUT2D eigenvalue weighted by Crippen LogP contribution is 2.24. The van der Waals surface area contributed by atoms with Gasteiger partial charge in [-0.05, 0) is 30.3 Å². The zero-order valence-corrected chi connectivity index (χ0v) is 9.37. The summed E-state index contributed by atoms with van der Waals surface area (Å²) in [6.07, 6.45) is 1.50. The van der Waals surface area contributed by atoms with Crippen LogP contribution >= 0.6 is 11.6 Å². The number of anilines is 2. The highest BCUT2D eigenvalue weighted by atomic mass is 35.5. The predicted molar refractivity (Wildman–Crippen MR) is 63.6 cm³/mol. The number of hydrogen-bond acceptors (Lipinski definition) is 3. The van der Waals surface area contributed by atoms with Crippen LogP contribution in [0, 0.1) is 17.1 Å². The van der Waals surface area contributed by atoms with Crippen LogP contribution in [0.25, 0.3) is 0 Å². The molecule has 0 atom stereocenters. The Morgan fingerprint density at radius 2 is 1.94 bits per heavy atom. The number of pyridine rings is 1. The van der Waals surface area contributed by atoms with Crippen molar-refractivity contribution in [2.24, 2.45) is 0 Å². The SMILES string of the molecule is N#Cc1c(Nc2ccc(F)cc2)ccnc1Cl. The highest BCUT2D eigenvalue weighted by Gasteiger charge is 2.07. The van der Waals surface area contributed by atoms with Crippen molar-refractivity contribution in [3.8, 4) is 6.07 Å². The molecule has 0 unspecified atom stereocenters. The van der Waals surface area contributed by atoms with E-state index in [1.54, 1.807) is 18.2 Å². The van der Waals surface area contributed by atoms with Crippen LogP contribution in [0.1, 0.15) is 5.56 Å². The first-order valence-electron chi connectivity index (χ1n) is 4.78. The van der Waals surface area contributed by atoms with Gasteiger partial charge in [0, 0.05) is 11.9 Å². The number of nitrogens with zero attached hydrogens (tertiary/aromatic N) is 2. The van der Waals surface area contributed by atoms with Crippen LogP contribution in [-0.4, -0.2) is 4.98 Å². The molecule has 0 aliphatic carbocycles. The molecule has 1 aromatic heterocycles. The summed E-state index contributed by atoms with van der Waals surface area (Å²) < 4.78 is 12.7. The van der Waals surface area contributed by atoms with Crippen molar-refractivity contribution in [3.05, 3.63) is 53.1 Å². The molecule has 0 aliphatic rings. The third-order valence-electron chi connectivity index (χ3n) is 2.14. The van der Waals surface area contributed by atoms with Gasteiger partial charge in [0.05, 0.1) is 5.69 Å². The summed E-state index contributed by atoms with van der Waals surface area (Å²) in [5, 5.41) is 12.1. The summed E-state index contributed by atoms with van der Waals surface area (Å²) in [4.78, 5) is 3.81. The second kappa shape index (κ2) is 4.81. The van der Waals surface area contributed by atoms with E-state index in [0.29, 0.717) is 11.4 Å². The fourth-order valence-corrected chi connectivity index (χ4v) is 1.54. The molecule has 0 bridgehead atoms. The minimum Gasteiger partial charge on any atom is -0.354 e. The maximum absolute atomic E-state index is 12.7. The van der Waals surface area contributed by atoms with Crippen LogP contribution in [0.2, 0.25) is 5.15 Å². The lowest BCUT2D eigenvalue weighted by Crippen LogP contribution is -1.95. The maximum Gasteiger partial charge on any atom is 0.148 e. The van der Waals surface area contributed by atoms with Gasteiger partial charge in [-0.3, -0.25) is 0 Å². The number of nitrogens with one attached hydrogen (secondary N) is 1. The van der Waals surface area contributed by atoms with Crippen molar-refractivity contribution in [1.82, 2.24) is 4.98 Å². The molecule has 0 spiro atoms. The van der Waals surface area contributed by atoms with Crippen molar-refractivity contribution in [2.45, 2.75) is 0 Å². The van der Waals surface area contributed by atoms with Gasteiger partial charge in [-0.2, -0.15) is 5.26 Å². The van der Waals surface area contributed by atoms with E-state index < -0.39 is 0 Å². The van der Waals surface area contributed by atoms with Gasteiger partial charge in [0.1, 0.15) is 22.6 Å². The average molecular weight is 248 g/mol. The Hall–Kier alpha value is -2.12. The number of rotatable bonds is 2. The van der Waals surface area contributed by atoms with Crippen molar-refractivity contribution in [1.29, 1.82) is 5.26 Å². The van der Waals surface area contributed by atoms with Crippen molar-refractivity contribution < 1.29 is 4.39 Å². The molecule has 0 saturated heterocycles. The van der Waals surface area contributed by atoms with E-state index in [0.717, 1.165) is 0 Å². The van der Waals surface area contributed by atoms with Crippen molar-refractivity contribution >= 4 is 23.0 Å². The molecule has 0 amide bonds. The van der Waals surface area contributed by atoms with E-state index in [9.17, 15) is 4.39 Å². The summed E-state index contributed by atoms with van der Waals surface area (Å²) in [7, 11) is 0. The average Bonchev–Trinajstić information content (AvgIpc) is 2.32. The van der Waals surface area contributed by atoms with Crippen LogP contribution in [-0.2, 0) is 0 Å². The molecule has 2 rings (SSSR count). The topological polar surface area (TPSA) is 48.7 Å². The smallest absolute Gasteiger partial charge is 0.148 e. The van der Waals surface area contributed by atoms with Gasteiger partial charge >= 0.3 is 0 Å². The zero-order valence-electron chi connectivity index (χ0n) is 8.61. The predicted octanol–water partition coefficient (Wildman–Crippen LogP) is 3.49. The second-order valence-corrected chi connectivity index (χ2v) is 3.63. The summed E-state index contributed by atoms with van der Waals surface area (Å²) in [5.74, 6) is -0.316. The van der Waals surface area contributed by atoms with Gasteiger partial charge in [0.2, 0.25) is 0 Å². The van der Waals surface area contributed by atoms with Gasteiger partial charge < -0.3 is 5.32 Å². The Labute approximate surface area is 102 Å². The molecule has 1 heterocycles. The van der Waals surface area contributed by atoms with Crippen LogP contribution in [0.3, 0.4) is 0 Å². The summed E-state index contributed by atoms with van der Waals surface area (Å²) in [6, 6.07) is 9.41. The number of aromatic nitrogens is 1. The van der Waals surface area contributed by atoms with E-state index in [-0.39, 0.29) is 16.5 Å². The van der Waals surface area contributed by atoms with Gasteiger partial charge in [-0.15, -0.1) is 0 Å². The van der Waals surface area contributed by atoms with Gasteiger partial charge in [0.15, 0.2) is 0 Å². The number of benzene rings is 1. The summed E-state index contributed by atoms with van der Waals surface area (Å²) in [6.45, 7) is 0. The number of hydrogen-bond donors (Lipinski definition) is 1. The van der Waals surface area contributed by atoms with E-state index in [1.165, 1.54) is 18.3 Å². The Balaban J connectivity index is 2.34. The zero-order chi connectivity index (χ0) is 12.3. The number of nitriles is 1. The lowest BCUT2D eigenvalue weighted by Gasteiger charge is -2.08. The molecular formula is C12H7ClFN3.